The van der Waals surface area contributed by atoms with Gasteiger partial charge in [-0.3, -0.25) is 9.59 Å². The average molecular weight is 512 g/mol. The number of amides is 1. The van der Waals surface area contributed by atoms with E-state index in [0.717, 1.165) is 11.1 Å². The van der Waals surface area contributed by atoms with E-state index in [4.69, 9.17) is 14.9 Å². The normalized spacial score (nSPS) is 14.5. The van der Waals surface area contributed by atoms with Crippen molar-refractivity contribution in [2.45, 2.75) is 25.6 Å². The highest BCUT2D eigenvalue weighted by Gasteiger charge is 2.38. The first-order valence-corrected chi connectivity index (χ1v) is 10.8. The second kappa shape index (κ2) is 9.72. The lowest BCUT2D eigenvalue weighted by atomic mass is 10.0. The second-order valence-electron chi connectivity index (χ2n) is 8.21. The Bertz CT molecular complexity index is 1570. The van der Waals surface area contributed by atoms with Crippen LogP contribution in [0, 0.1) is 6.92 Å². The summed E-state index contributed by atoms with van der Waals surface area (Å²) in [6, 6.07) is 15.0. The number of aliphatic carboxylic acids is 1. The summed E-state index contributed by atoms with van der Waals surface area (Å²) in [4.78, 5) is 44.4. The Labute approximate surface area is 206 Å². The summed E-state index contributed by atoms with van der Waals surface area (Å²) in [5.74, 6) is -2.20. The van der Waals surface area contributed by atoms with Crippen molar-refractivity contribution in [3.8, 4) is 11.6 Å². The molecule has 0 spiro atoms. The van der Waals surface area contributed by atoms with Gasteiger partial charge in [0.15, 0.2) is 5.82 Å². The number of aromatic nitrogens is 3. The van der Waals surface area contributed by atoms with Gasteiger partial charge in [-0.05, 0) is 60.9 Å². The highest BCUT2D eigenvalue weighted by molar-refractivity contribution is 5.98. The molecule has 1 aliphatic heterocycles. The molecule has 1 amide bonds. The van der Waals surface area contributed by atoms with Gasteiger partial charge < -0.3 is 15.5 Å². The highest BCUT2D eigenvalue weighted by Crippen LogP contribution is 2.26. The van der Waals surface area contributed by atoms with E-state index >= 15 is 0 Å². The van der Waals surface area contributed by atoms with Gasteiger partial charge in [0.25, 0.3) is 11.5 Å². The molecule has 3 heterocycles. The first-order chi connectivity index (χ1) is 17.5. The Balaban J connectivity index is 0.000000405. The number of phenolic OH excluding ortho intramolecular Hbond substituents is 1. The first kappa shape index (κ1) is 25.4. The third-order valence-corrected chi connectivity index (χ3v) is 5.53. The van der Waals surface area contributed by atoms with E-state index in [1.54, 1.807) is 48.7 Å². The predicted molar refractivity (Wildman–Crippen MR) is 126 cm³/mol. The largest absolute Gasteiger partial charge is 0.508 e. The lowest BCUT2D eigenvalue weighted by molar-refractivity contribution is -0.192. The van der Waals surface area contributed by atoms with Crippen LogP contribution in [0.25, 0.3) is 16.7 Å². The number of benzene rings is 2. The van der Waals surface area contributed by atoms with Gasteiger partial charge in [0.2, 0.25) is 0 Å². The van der Waals surface area contributed by atoms with Crippen molar-refractivity contribution < 1.29 is 33.0 Å². The third kappa shape index (κ3) is 5.27. The summed E-state index contributed by atoms with van der Waals surface area (Å²) in [5.41, 5.74) is 2.52. The number of aromatic hydroxyl groups is 1. The molecular weight excluding hydrogens is 493 g/mol. The SMILES string of the molecule is Cc1ccc2c(=O)n3c(nc2c1)C(Cc1ccc(O)cc1)NC(=O)c1cccnc1-3.O=C(O)C(F)(F)F. The van der Waals surface area contributed by atoms with Crippen molar-refractivity contribution in [3.63, 3.8) is 0 Å². The number of carboxylic acids is 1. The number of pyridine rings is 1. The van der Waals surface area contributed by atoms with Crippen LogP contribution in [-0.2, 0) is 11.2 Å². The molecule has 1 unspecified atom stereocenters. The highest BCUT2D eigenvalue weighted by atomic mass is 19.4. The Morgan fingerprint density at radius 1 is 1.11 bits per heavy atom. The molecule has 0 saturated heterocycles. The monoisotopic (exact) mass is 512 g/mol. The maximum Gasteiger partial charge on any atom is 0.490 e. The summed E-state index contributed by atoms with van der Waals surface area (Å²) < 4.78 is 33.2. The van der Waals surface area contributed by atoms with E-state index < -0.39 is 18.2 Å². The average Bonchev–Trinajstić information content (AvgIpc) is 2.95. The van der Waals surface area contributed by atoms with Crippen molar-refractivity contribution in [1.82, 2.24) is 19.9 Å². The van der Waals surface area contributed by atoms with E-state index in [1.807, 2.05) is 19.1 Å². The van der Waals surface area contributed by atoms with Gasteiger partial charge in [-0.2, -0.15) is 13.2 Å². The van der Waals surface area contributed by atoms with E-state index in [0.29, 0.717) is 28.7 Å². The Kier molecular flexibility index (Phi) is 6.66. The summed E-state index contributed by atoms with van der Waals surface area (Å²) in [7, 11) is 0. The molecule has 4 aromatic rings. The fourth-order valence-corrected chi connectivity index (χ4v) is 3.81. The molecule has 9 nitrogen and oxygen atoms in total. The lowest BCUT2D eigenvalue weighted by Crippen LogP contribution is -2.32. The zero-order valence-corrected chi connectivity index (χ0v) is 19.2. The van der Waals surface area contributed by atoms with Crippen molar-refractivity contribution in [2.75, 3.05) is 0 Å². The van der Waals surface area contributed by atoms with Crippen LogP contribution in [0.4, 0.5) is 13.2 Å². The van der Waals surface area contributed by atoms with Gasteiger partial charge in [0.1, 0.15) is 11.6 Å². The molecule has 0 radical (unpaired) electrons. The number of fused-ring (bicyclic) bond motifs is 4. The predicted octanol–water partition coefficient (Wildman–Crippen LogP) is 3.46. The first-order valence-electron chi connectivity index (χ1n) is 10.8. The summed E-state index contributed by atoms with van der Waals surface area (Å²) in [6.45, 7) is 1.94. The van der Waals surface area contributed by atoms with Gasteiger partial charge in [0.05, 0.1) is 22.5 Å². The molecule has 2 aromatic heterocycles. The summed E-state index contributed by atoms with van der Waals surface area (Å²) in [6.07, 6.45) is -3.12. The zero-order chi connectivity index (χ0) is 26.9. The Morgan fingerprint density at radius 3 is 2.43 bits per heavy atom. The van der Waals surface area contributed by atoms with Crippen LogP contribution in [0.5, 0.6) is 5.75 Å². The number of alkyl halides is 3. The maximum absolute atomic E-state index is 13.5. The van der Waals surface area contributed by atoms with Gasteiger partial charge >= 0.3 is 12.1 Å². The Morgan fingerprint density at radius 2 is 1.78 bits per heavy atom. The molecule has 0 aliphatic carbocycles. The number of nitrogens with zero attached hydrogens (tertiary/aromatic N) is 3. The number of hydrogen-bond acceptors (Lipinski definition) is 6. The van der Waals surface area contributed by atoms with E-state index in [-0.39, 0.29) is 23.0 Å². The van der Waals surface area contributed by atoms with Crippen LogP contribution in [0.15, 0.2) is 65.6 Å². The number of carbonyl (C=O) groups excluding carboxylic acids is 1. The summed E-state index contributed by atoms with van der Waals surface area (Å²) in [5, 5.41) is 20.2. The minimum absolute atomic E-state index is 0.163. The van der Waals surface area contributed by atoms with Crippen LogP contribution < -0.4 is 10.9 Å². The van der Waals surface area contributed by atoms with E-state index in [1.165, 1.54) is 4.57 Å². The lowest BCUT2D eigenvalue weighted by Gasteiger charge is -2.19. The second-order valence-corrected chi connectivity index (χ2v) is 8.21. The van der Waals surface area contributed by atoms with Crippen molar-refractivity contribution in [1.29, 1.82) is 0 Å². The van der Waals surface area contributed by atoms with Crippen LogP contribution in [0.3, 0.4) is 0 Å². The molecule has 0 bridgehead atoms. The smallest absolute Gasteiger partial charge is 0.490 e. The molecule has 0 fully saturated rings. The number of aryl methyl sites for hydroxylation is 1. The van der Waals surface area contributed by atoms with Crippen LogP contribution in [0.1, 0.15) is 33.4 Å². The Hall–Kier alpha value is -4.74. The van der Waals surface area contributed by atoms with Gasteiger partial charge in [0, 0.05) is 6.20 Å². The molecular formula is C25H19F3N4O5. The molecule has 12 heteroatoms. The molecule has 5 rings (SSSR count). The van der Waals surface area contributed by atoms with Gasteiger partial charge in [-0.15, -0.1) is 0 Å². The topological polar surface area (TPSA) is 134 Å². The van der Waals surface area contributed by atoms with Crippen LogP contribution in [-0.4, -0.2) is 42.8 Å². The van der Waals surface area contributed by atoms with Crippen LogP contribution in [0.2, 0.25) is 0 Å². The maximum atomic E-state index is 13.5. The quantitative estimate of drug-likeness (QED) is 0.375. The summed E-state index contributed by atoms with van der Waals surface area (Å²) >= 11 is 0. The number of carboxylic acid groups (broad SMARTS) is 1. The molecule has 37 heavy (non-hydrogen) atoms. The standard InChI is InChI=1S/C23H18N4O3.C2HF3O2/c1-13-4-9-16-18(11-13)25-21-19(12-14-5-7-15(28)8-6-14)26-22(29)17-3-2-10-24-20(17)27(21)23(16)30;3-2(4,5)1(6)7/h2-11,19,28H,12H2,1H3,(H,26,29);(H,6,7). The number of phenols is 1. The number of hydrogen-bond donors (Lipinski definition) is 3. The van der Waals surface area contributed by atoms with Crippen molar-refractivity contribution >= 4 is 22.8 Å². The number of halogens is 3. The zero-order valence-electron chi connectivity index (χ0n) is 19.2. The third-order valence-electron chi connectivity index (χ3n) is 5.53. The minimum atomic E-state index is -5.08. The fourth-order valence-electron chi connectivity index (χ4n) is 3.81. The molecule has 190 valence electrons. The molecule has 0 saturated carbocycles. The number of nitrogens with one attached hydrogen (secondary N) is 1. The van der Waals surface area contributed by atoms with E-state index in [9.17, 15) is 27.9 Å². The van der Waals surface area contributed by atoms with Crippen LogP contribution >= 0.6 is 0 Å². The minimum Gasteiger partial charge on any atom is -0.508 e. The van der Waals surface area contributed by atoms with Gasteiger partial charge in [-0.25, -0.2) is 19.3 Å². The molecule has 3 N–H and O–H groups in total. The number of carbonyl (C=O) groups is 2. The molecule has 1 atom stereocenters. The van der Waals surface area contributed by atoms with Gasteiger partial charge in [-0.1, -0.05) is 18.2 Å². The van der Waals surface area contributed by atoms with E-state index in [2.05, 4.69) is 10.3 Å². The number of rotatable bonds is 2. The fraction of sp³-hybridized carbons (Fsp3) is 0.160. The van der Waals surface area contributed by atoms with Crippen molar-refractivity contribution in [2.24, 2.45) is 0 Å². The molecule has 2 aromatic carbocycles. The van der Waals surface area contributed by atoms with Crippen molar-refractivity contribution in [3.05, 3.63) is 93.7 Å². The molecule has 1 aliphatic rings.